The Balaban J connectivity index is 2.20. The van der Waals surface area contributed by atoms with Crippen molar-refractivity contribution in [1.82, 2.24) is 0 Å². The van der Waals surface area contributed by atoms with Gasteiger partial charge in [0.15, 0.2) is 0 Å². The van der Waals surface area contributed by atoms with E-state index in [2.05, 4.69) is 0 Å². The third kappa shape index (κ3) is 4.94. The minimum absolute atomic E-state index is 0.0309. The highest BCUT2D eigenvalue weighted by molar-refractivity contribution is 6.14. The van der Waals surface area contributed by atoms with Gasteiger partial charge in [-0.3, -0.25) is 4.79 Å². The first-order valence-electron chi connectivity index (χ1n) is 7.26. The van der Waals surface area contributed by atoms with Gasteiger partial charge < -0.3 is 19.4 Å². The number of carboxylic acid groups (broad SMARTS) is 1. The van der Waals surface area contributed by atoms with Crippen LogP contribution in [0.2, 0.25) is 0 Å². The van der Waals surface area contributed by atoms with Crippen LogP contribution in [0.3, 0.4) is 0 Å². The molecule has 2 aromatic carbocycles. The fourth-order valence-electron chi connectivity index (χ4n) is 2.04. The zero-order chi connectivity index (χ0) is 18.2. The van der Waals surface area contributed by atoms with E-state index < -0.39 is 18.4 Å². The van der Waals surface area contributed by atoms with E-state index in [1.165, 1.54) is 13.2 Å². The minimum atomic E-state index is -1.32. The molecule has 25 heavy (non-hydrogen) atoms. The smallest absolute Gasteiger partial charge is 0.203 e. The maximum atomic E-state index is 12.4. The number of carbonyl (C=O) groups is 2. The molecule has 0 bridgehead atoms. The number of allylic oxidation sites excluding steroid dienone is 1. The van der Waals surface area contributed by atoms with Crippen LogP contribution < -0.4 is 14.6 Å². The first kappa shape index (κ1) is 17.8. The maximum absolute atomic E-state index is 12.4. The number of hydrogen-bond donors (Lipinski definition) is 0. The number of hydrogen-bond acceptors (Lipinski definition) is 6. The van der Waals surface area contributed by atoms with Crippen LogP contribution in [0.25, 0.3) is 6.08 Å². The maximum Gasteiger partial charge on any atom is 0.203 e. The summed E-state index contributed by atoms with van der Waals surface area (Å²) < 4.78 is 10.0. The lowest BCUT2D eigenvalue weighted by atomic mass is 10.0. The van der Waals surface area contributed by atoms with Gasteiger partial charge in [-0.15, -0.1) is 0 Å². The fourth-order valence-corrected chi connectivity index (χ4v) is 2.04. The molecule has 0 saturated carbocycles. The minimum Gasteiger partial charge on any atom is -0.546 e. The number of nitrogens with zero attached hydrogens (tertiary/aromatic N) is 1. The molecule has 0 saturated heterocycles. The number of carbonyl (C=O) groups excluding carboxylic acids is 2. The molecule has 2 rings (SSSR count). The molecule has 0 atom stereocenters. The second-order valence-electron chi connectivity index (χ2n) is 4.96. The van der Waals surface area contributed by atoms with Crippen LogP contribution in [-0.4, -0.2) is 25.5 Å². The SMILES string of the molecule is COc1cccc(C(=O)/C(C#N)=C/c2ccc(OCC(=O)[O-])cc2)c1. The topological polar surface area (TPSA) is 99.5 Å². The van der Waals surface area contributed by atoms with Gasteiger partial charge in [0.2, 0.25) is 5.78 Å². The van der Waals surface area contributed by atoms with Gasteiger partial charge in [0.05, 0.1) is 13.1 Å². The summed E-state index contributed by atoms with van der Waals surface area (Å²) in [6, 6.07) is 14.7. The normalized spacial score (nSPS) is 10.6. The number of benzene rings is 2. The van der Waals surface area contributed by atoms with Gasteiger partial charge >= 0.3 is 0 Å². The summed E-state index contributed by atoms with van der Waals surface area (Å²) in [5.74, 6) is -0.866. The van der Waals surface area contributed by atoms with E-state index in [4.69, 9.17) is 9.47 Å². The lowest BCUT2D eigenvalue weighted by Crippen LogP contribution is -2.28. The second kappa shape index (κ2) is 8.31. The zero-order valence-electron chi connectivity index (χ0n) is 13.4. The van der Waals surface area contributed by atoms with Crippen LogP contribution in [0.15, 0.2) is 54.1 Å². The lowest BCUT2D eigenvalue weighted by Gasteiger charge is -2.06. The summed E-state index contributed by atoms with van der Waals surface area (Å²) in [5, 5.41) is 19.6. The molecule has 0 aliphatic heterocycles. The van der Waals surface area contributed by atoms with Crippen molar-refractivity contribution >= 4 is 17.8 Å². The van der Waals surface area contributed by atoms with Crippen molar-refractivity contribution in [2.24, 2.45) is 0 Å². The van der Waals surface area contributed by atoms with Gasteiger partial charge in [0, 0.05) is 5.56 Å². The van der Waals surface area contributed by atoms with Crippen molar-refractivity contribution in [2.45, 2.75) is 0 Å². The quantitative estimate of drug-likeness (QED) is 0.433. The van der Waals surface area contributed by atoms with Crippen LogP contribution >= 0.6 is 0 Å². The van der Waals surface area contributed by atoms with E-state index in [-0.39, 0.29) is 5.57 Å². The molecular formula is C19H14NO5-. The number of methoxy groups -OCH3 is 1. The van der Waals surface area contributed by atoms with Crippen LogP contribution in [-0.2, 0) is 4.79 Å². The van der Waals surface area contributed by atoms with Crippen LogP contribution in [0.5, 0.6) is 11.5 Å². The molecule has 126 valence electrons. The molecule has 2 aromatic rings. The number of aliphatic carboxylic acids is 1. The van der Waals surface area contributed by atoms with Crippen LogP contribution in [0.4, 0.5) is 0 Å². The Morgan fingerprint density at radius 3 is 2.48 bits per heavy atom. The highest BCUT2D eigenvalue weighted by atomic mass is 16.5. The molecule has 0 aliphatic rings. The Labute approximate surface area is 144 Å². The summed E-state index contributed by atoms with van der Waals surface area (Å²) >= 11 is 0. The summed E-state index contributed by atoms with van der Waals surface area (Å²) in [4.78, 5) is 22.8. The van der Waals surface area contributed by atoms with Crippen LogP contribution in [0.1, 0.15) is 15.9 Å². The van der Waals surface area contributed by atoms with Crippen molar-refractivity contribution in [3.8, 4) is 17.6 Å². The molecular weight excluding hydrogens is 322 g/mol. The van der Waals surface area contributed by atoms with Gasteiger partial charge in [-0.25, -0.2) is 0 Å². The van der Waals surface area contributed by atoms with Gasteiger partial charge in [0.1, 0.15) is 29.7 Å². The van der Waals surface area contributed by atoms with Crippen molar-refractivity contribution in [3.63, 3.8) is 0 Å². The highest BCUT2D eigenvalue weighted by Crippen LogP contribution is 2.19. The monoisotopic (exact) mass is 336 g/mol. The van der Waals surface area contributed by atoms with Crippen molar-refractivity contribution < 1.29 is 24.2 Å². The summed E-state index contributed by atoms with van der Waals surface area (Å²) in [7, 11) is 1.49. The van der Waals surface area contributed by atoms with Gasteiger partial charge in [-0.05, 0) is 35.9 Å². The summed E-state index contributed by atoms with van der Waals surface area (Å²) in [5.41, 5.74) is 0.923. The van der Waals surface area contributed by atoms with E-state index in [9.17, 15) is 20.0 Å². The Bertz CT molecular complexity index is 847. The summed E-state index contributed by atoms with van der Waals surface area (Å²) in [6.07, 6.45) is 1.45. The lowest BCUT2D eigenvalue weighted by molar-refractivity contribution is -0.307. The van der Waals surface area contributed by atoms with Crippen molar-refractivity contribution in [2.75, 3.05) is 13.7 Å². The first-order chi connectivity index (χ1) is 12.0. The molecule has 0 aromatic heterocycles. The Morgan fingerprint density at radius 1 is 1.16 bits per heavy atom. The number of rotatable bonds is 7. The Morgan fingerprint density at radius 2 is 1.88 bits per heavy atom. The zero-order valence-corrected chi connectivity index (χ0v) is 13.4. The number of nitriles is 1. The standard InChI is InChI=1S/C19H15NO5/c1-24-17-4-2-3-14(10-17)19(23)15(11-20)9-13-5-7-16(8-6-13)25-12-18(21)22/h2-10H,12H2,1H3,(H,21,22)/p-1/b15-9+. The molecule has 0 unspecified atom stereocenters. The van der Waals surface area contributed by atoms with E-state index in [1.807, 2.05) is 6.07 Å². The molecule has 0 aliphatic carbocycles. The molecule has 0 spiro atoms. The molecule has 0 N–H and O–H groups in total. The molecule has 6 nitrogen and oxygen atoms in total. The average Bonchev–Trinajstić information content (AvgIpc) is 2.64. The number of Topliss-reactive ketones (excluding diaryl/α,β-unsaturated/α-hetero) is 1. The Hall–Kier alpha value is -3.59. The molecule has 0 radical (unpaired) electrons. The fraction of sp³-hybridized carbons (Fsp3) is 0.105. The van der Waals surface area contributed by atoms with Crippen molar-refractivity contribution in [3.05, 3.63) is 65.2 Å². The van der Waals surface area contributed by atoms with Crippen LogP contribution in [0, 0.1) is 11.3 Å². The van der Waals surface area contributed by atoms with Crippen molar-refractivity contribution in [1.29, 1.82) is 5.26 Å². The Kier molecular flexibility index (Phi) is 5.91. The van der Waals surface area contributed by atoms with E-state index in [0.717, 1.165) is 0 Å². The predicted molar refractivity (Wildman–Crippen MR) is 87.9 cm³/mol. The highest BCUT2D eigenvalue weighted by Gasteiger charge is 2.13. The molecule has 0 amide bonds. The first-order valence-corrected chi connectivity index (χ1v) is 7.26. The van der Waals surface area contributed by atoms with Gasteiger partial charge in [-0.1, -0.05) is 24.3 Å². The van der Waals surface area contributed by atoms with E-state index in [1.54, 1.807) is 48.5 Å². The average molecular weight is 336 g/mol. The van der Waals surface area contributed by atoms with E-state index in [0.29, 0.717) is 22.6 Å². The third-order valence-corrected chi connectivity index (χ3v) is 3.24. The van der Waals surface area contributed by atoms with Gasteiger partial charge in [0.25, 0.3) is 0 Å². The third-order valence-electron chi connectivity index (χ3n) is 3.24. The predicted octanol–water partition coefficient (Wildman–Crippen LogP) is 1.61. The number of carboxylic acids is 1. The molecule has 6 heteroatoms. The largest absolute Gasteiger partial charge is 0.546 e. The molecule has 0 heterocycles. The number of ketones is 1. The van der Waals surface area contributed by atoms with E-state index >= 15 is 0 Å². The summed E-state index contributed by atoms with van der Waals surface area (Å²) in [6.45, 7) is -0.549. The second-order valence-corrected chi connectivity index (χ2v) is 4.96. The van der Waals surface area contributed by atoms with Gasteiger partial charge in [-0.2, -0.15) is 5.26 Å². The number of ether oxygens (including phenoxy) is 2. The molecule has 0 fully saturated rings.